The first-order valence-corrected chi connectivity index (χ1v) is 10.8. The van der Waals surface area contributed by atoms with Crippen molar-refractivity contribution in [1.29, 1.82) is 0 Å². The zero-order valence-corrected chi connectivity index (χ0v) is 17.2. The van der Waals surface area contributed by atoms with Crippen molar-refractivity contribution in [1.82, 2.24) is 0 Å². The molecule has 0 aliphatic heterocycles. The number of rotatable bonds is 15. The van der Waals surface area contributed by atoms with Gasteiger partial charge in [0.05, 0.1) is 0 Å². The Morgan fingerprint density at radius 3 is 1.82 bits per heavy atom. The fourth-order valence-corrected chi connectivity index (χ4v) is 3.28. The first kappa shape index (κ1) is 24.5. The van der Waals surface area contributed by atoms with Crippen molar-refractivity contribution in [3.8, 4) is 5.75 Å². The number of esters is 1. The highest BCUT2D eigenvalue weighted by molar-refractivity contribution is 5.78. The molecular formula is C23H35F3O2. The Kier molecular flexibility index (Phi) is 12.7. The SMILES string of the molecule is CCCCCCCCCCCCCCCc1cccc(OC(=O)C(F)(F)F)c1. The largest absolute Gasteiger partial charge is 0.491 e. The Labute approximate surface area is 167 Å². The molecular weight excluding hydrogens is 365 g/mol. The van der Waals surface area contributed by atoms with E-state index < -0.39 is 12.1 Å². The second-order valence-electron chi connectivity index (χ2n) is 7.53. The van der Waals surface area contributed by atoms with Crippen molar-refractivity contribution in [3.63, 3.8) is 0 Å². The summed E-state index contributed by atoms with van der Waals surface area (Å²) in [5.41, 5.74) is 0.899. The summed E-state index contributed by atoms with van der Waals surface area (Å²) in [5.74, 6) is -2.22. The van der Waals surface area contributed by atoms with E-state index in [1.165, 1.54) is 82.8 Å². The summed E-state index contributed by atoms with van der Waals surface area (Å²) < 4.78 is 41.1. The molecule has 0 bridgehead atoms. The molecule has 1 aromatic carbocycles. The van der Waals surface area contributed by atoms with Gasteiger partial charge >= 0.3 is 12.1 Å². The van der Waals surface area contributed by atoms with E-state index in [2.05, 4.69) is 11.7 Å². The summed E-state index contributed by atoms with van der Waals surface area (Å²) >= 11 is 0. The summed E-state index contributed by atoms with van der Waals surface area (Å²) in [6, 6.07) is 6.36. The predicted octanol–water partition coefficient (Wildman–Crippen LogP) is 7.79. The quantitative estimate of drug-likeness (QED) is 0.171. The number of carbonyl (C=O) groups is 1. The van der Waals surface area contributed by atoms with Gasteiger partial charge in [-0.25, -0.2) is 4.79 Å². The Bertz CT molecular complexity index is 541. The van der Waals surface area contributed by atoms with Crippen molar-refractivity contribution < 1.29 is 22.7 Å². The Balaban J connectivity index is 2.05. The fraction of sp³-hybridized carbons (Fsp3) is 0.696. The van der Waals surface area contributed by atoms with Gasteiger partial charge < -0.3 is 4.74 Å². The summed E-state index contributed by atoms with van der Waals surface area (Å²) in [4.78, 5) is 10.9. The van der Waals surface area contributed by atoms with Crippen LogP contribution < -0.4 is 4.74 Å². The van der Waals surface area contributed by atoms with Crippen LogP contribution in [-0.4, -0.2) is 12.1 Å². The van der Waals surface area contributed by atoms with Gasteiger partial charge in [0.2, 0.25) is 0 Å². The van der Waals surface area contributed by atoms with Crippen molar-refractivity contribution >= 4 is 5.97 Å². The molecule has 0 radical (unpaired) electrons. The second-order valence-corrected chi connectivity index (χ2v) is 7.53. The minimum atomic E-state index is -4.97. The molecule has 0 unspecified atom stereocenters. The first-order chi connectivity index (χ1) is 13.4. The van der Waals surface area contributed by atoms with E-state index in [1.807, 2.05) is 6.07 Å². The van der Waals surface area contributed by atoms with Gasteiger partial charge in [0.15, 0.2) is 0 Å². The molecule has 0 spiro atoms. The lowest BCUT2D eigenvalue weighted by Crippen LogP contribution is -2.27. The highest BCUT2D eigenvalue weighted by atomic mass is 19.4. The zero-order chi connectivity index (χ0) is 20.7. The fourth-order valence-electron chi connectivity index (χ4n) is 3.28. The average molecular weight is 401 g/mol. The molecule has 0 saturated carbocycles. The molecule has 2 nitrogen and oxygen atoms in total. The maximum atomic E-state index is 12.2. The summed E-state index contributed by atoms with van der Waals surface area (Å²) in [6.45, 7) is 2.24. The molecule has 0 heterocycles. The van der Waals surface area contributed by atoms with Crippen LogP contribution in [0.15, 0.2) is 24.3 Å². The number of aryl methyl sites for hydroxylation is 1. The standard InChI is InChI=1S/C23H35F3O2/c1-2-3-4-5-6-7-8-9-10-11-12-13-14-16-20-17-15-18-21(19-20)28-22(27)23(24,25)26/h15,17-19H,2-14,16H2,1H3. The monoisotopic (exact) mass is 400 g/mol. The van der Waals surface area contributed by atoms with Crippen LogP contribution in [-0.2, 0) is 11.2 Å². The molecule has 0 aliphatic rings. The number of alkyl halides is 3. The van der Waals surface area contributed by atoms with Crippen LogP contribution in [0.3, 0.4) is 0 Å². The highest BCUT2D eigenvalue weighted by Crippen LogP contribution is 2.21. The minimum absolute atomic E-state index is 0.0467. The molecule has 5 heteroatoms. The lowest BCUT2D eigenvalue weighted by Gasteiger charge is -2.08. The van der Waals surface area contributed by atoms with E-state index in [0.717, 1.165) is 24.8 Å². The van der Waals surface area contributed by atoms with Crippen molar-refractivity contribution in [2.45, 2.75) is 103 Å². The van der Waals surface area contributed by atoms with Crippen LogP contribution in [0.4, 0.5) is 13.2 Å². The van der Waals surface area contributed by atoms with Crippen LogP contribution >= 0.6 is 0 Å². The molecule has 1 aromatic rings. The van der Waals surface area contributed by atoms with Crippen LogP contribution in [0.1, 0.15) is 96.0 Å². The number of halogens is 3. The van der Waals surface area contributed by atoms with E-state index in [1.54, 1.807) is 6.07 Å². The van der Waals surface area contributed by atoms with Crippen LogP contribution in [0.5, 0.6) is 5.75 Å². The van der Waals surface area contributed by atoms with Gasteiger partial charge in [0.25, 0.3) is 0 Å². The van der Waals surface area contributed by atoms with Crippen molar-refractivity contribution in [3.05, 3.63) is 29.8 Å². The Morgan fingerprint density at radius 1 is 0.821 bits per heavy atom. The third-order valence-corrected chi connectivity index (χ3v) is 4.91. The molecule has 0 aromatic heterocycles. The van der Waals surface area contributed by atoms with Gasteiger partial charge in [-0.05, 0) is 30.5 Å². The van der Waals surface area contributed by atoms with Gasteiger partial charge in [-0.2, -0.15) is 13.2 Å². The van der Waals surface area contributed by atoms with Crippen molar-refractivity contribution in [2.75, 3.05) is 0 Å². The van der Waals surface area contributed by atoms with Gasteiger partial charge in [0.1, 0.15) is 5.75 Å². The van der Waals surface area contributed by atoms with E-state index in [9.17, 15) is 18.0 Å². The number of benzene rings is 1. The second kappa shape index (κ2) is 14.5. The molecule has 0 amide bonds. The lowest BCUT2D eigenvalue weighted by molar-refractivity contribution is -0.189. The number of carbonyl (C=O) groups excluding carboxylic acids is 1. The smallest absolute Gasteiger partial charge is 0.420 e. The third-order valence-electron chi connectivity index (χ3n) is 4.91. The number of unbranched alkanes of at least 4 members (excludes halogenated alkanes) is 12. The van der Waals surface area contributed by atoms with E-state index in [-0.39, 0.29) is 5.75 Å². The van der Waals surface area contributed by atoms with E-state index in [4.69, 9.17) is 0 Å². The molecule has 28 heavy (non-hydrogen) atoms. The molecule has 1 rings (SSSR count). The minimum Gasteiger partial charge on any atom is -0.420 e. The summed E-state index contributed by atoms with van der Waals surface area (Å²) in [5, 5.41) is 0. The number of hydrogen-bond acceptors (Lipinski definition) is 2. The van der Waals surface area contributed by atoms with E-state index >= 15 is 0 Å². The molecule has 0 aliphatic carbocycles. The maximum Gasteiger partial charge on any atom is 0.491 e. The van der Waals surface area contributed by atoms with Gasteiger partial charge in [-0.3, -0.25) is 0 Å². The van der Waals surface area contributed by atoms with Crippen molar-refractivity contribution in [2.24, 2.45) is 0 Å². The molecule has 0 fully saturated rings. The Morgan fingerprint density at radius 2 is 1.32 bits per heavy atom. The van der Waals surface area contributed by atoms with E-state index in [0.29, 0.717) is 0 Å². The Hall–Kier alpha value is -1.52. The first-order valence-electron chi connectivity index (χ1n) is 10.8. The molecule has 0 N–H and O–H groups in total. The number of hydrogen-bond donors (Lipinski definition) is 0. The average Bonchev–Trinajstić information content (AvgIpc) is 2.65. The van der Waals surface area contributed by atoms with Crippen LogP contribution in [0.25, 0.3) is 0 Å². The normalized spacial score (nSPS) is 11.6. The zero-order valence-electron chi connectivity index (χ0n) is 17.2. The van der Waals surface area contributed by atoms with Crippen LogP contribution in [0.2, 0.25) is 0 Å². The number of ether oxygens (including phenoxy) is 1. The molecule has 160 valence electrons. The lowest BCUT2D eigenvalue weighted by atomic mass is 10.0. The predicted molar refractivity (Wildman–Crippen MR) is 108 cm³/mol. The summed E-state index contributed by atoms with van der Waals surface area (Å²) in [7, 11) is 0. The third kappa shape index (κ3) is 12.0. The summed E-state index contributed by atoms with van der Waals surface area (Å²) in [6.07, 6.45) is 12.5. The van der Waals surface area contributed by atoms with Gasteiger partial charge in [-0.15, -0.1) is 0 Å². The molecule has 0 atom stereocenters. The highest BCUT2D eigenvalue weighted by Gasteiger charge is 2.41. The van der Waals surface area contributed by atoms with Gasteiger partial charge in [-0.1, -0.05) is 96.1 Å². The topological polar surface area (TPSA) is 26.3 Å². The maximum absolute atomic E-state index is 12.2. The van der Waals surface area contributed by atoms with Crippen LogP contribution in [0, 0.1) is 0 Å². The van der Waals surface area contributed by atoms with Gasteiger partial charge in [0, 0.05) is 0 Å². The molecule has 0 saturated heterocycles.